The Balaban J connectivity index is 2.37. The highest BCUT2D eigenvalue weighted by atomic mass is 79.9. The summed E-state index contributed by atoms with van der Waals surface area (Å²) in [5, 5.41) is 0.414. The molecule has 0 amide bonds. The monoisotopic (exact) mass is 346 g/mol. The predicted molar refractivity (Wildman–Crippen MR) is 75.7 cm³/mol. The molecule has 1 aromatic carbocycles. The number of rotatable bonds is 2. The van der Waals surface area contributed by atoms with Crippen molar-refractivity contribution in [3.05, 3.63) is 44.2 Å². The quantitative estimate of drug-likeness (QED) is 0.720. The van der Waals surface area contributed by atoms with Crippen LogP contribution >= 0.6 is 39.1 Å². The molecule has 0 aliphatic carbocycles. The highest BCUT2D eigenvalue weighted by Gasteiger charge is 2.09. The van der Waals surface area contributed by atoms with E-state index in [0.717, 1.165) is 15.6 Å². The number of aromatic nitrogens is 2. The van der Waals surface area contributed by atoms with E-state index in [4.69, 9.17) is 27.9 Å². The molecular weight excluding hydrogens is 339 g/mol. The lowest BCUT2D eigenvalue weighted by molar-refractivity contribution is 0.461. The zero-order valence-corrected chi connectivity index (χ0v) is 12.8. The van der Waals surface area contributed by atoms with Gasteiger partial charge in [-0.15, -0.1) is 0 Å². The SMILES string of the molecule is Cc1cc(Oc2nc(Cl)ncc2Cl)cc(C)c1Br. The first kappa shape index (κ1) is 13.6. The van der Waals surface area contributed by atoms with Gasteiger partial charge in [0.1, 0.15) is 10.8 Å². The maximum Gasteiger partial charge on any atom is 0.242 e. The van der Waals surface area contributed by atoms with Crippen LogP contribution in [0.1, 0.15) is 11.1 Å². The van der Waals surface area contributed by atoms with E-state index in [1.165, 1.54) is 6.20 Å². The minimum absolute atomic E-state index is 0.0972. The molecule has 0 atom stereocenters. The van der Waals surface area contributed by atoms with Crippen molar-refractivity contribution in [2.45, 2.75) is 13.8 Å². The summed E-state index contributed by atoms with van der Waals surface area (Å²) in [5.74, 6) is 0.905. The summed E-state index contributed by atoms with van der Waals surface area (Å²) in [6.45, 7) is 3.97. The average Bonchev–Trinajstić information content (AvgIpc) is 2.31. The average molecular weight is 348 g/mol. The van der Waals surface area contributed by atoms with E-state index < -0.39 is 0 Å². The summed E-state index contributed by atoms with van der Waals surface area (Å²) in [4.78, 5) is 7.70. The minimum atomic E-state index is 0.0972. The van der Waals surface area contributed by atoms with Crippen molar-refractivity contribution in [3.8, 4) is 11.6 Å². The van der Waals surface area contributed by atoms with Gasteiger partial charge in [-0.25, -0.2) is 4.98 Å². The Hall–Kier alpha value is -0.840. The van der Waals surface area contributed by atoms with E-state index in [2.05, 4.69) is 25.9 Å². The van der Waals surface area contributed by atoms with E-state index in [1.54, 1.807) is 0 Å². The van der Waals surface area contributed by atoms with Gasteiger partial charge in [-0.3, -0.25) is 0 Å². The van der Waals surface area contributed by atoms with Gasteiger partial charge in [0.2, 0.25) is 11.2 Å². The van der Waals surface area contributed by atoms with Crippen LogP contribution in [-0.4, -0.2) is 9.97 Å². The Morgan fingerprint density at radius 3 is 2.39 bits per heavy atom. The number of nitrogens with zero attached hydrogens (tertiary/aromatic N) is 2. The molecule has 2 aromatic rings. The van der Waals surface area contributed by atoms with Gasteiger partial charge in [-0.05, 0) is 48.7 Å². The van der Waals surface area contributed by atoms with Gasteiger partial charge in [0, 0.05) is 4.47 Å². The van der Waals surface area contributed by atoms with E-state index in [9.17, 15) is 0 Å². The van der Waals surface area contributed by atoms with Crippen LogP contribution < -0.4 is 4.74 Å². The third-order valence-electron chi connectivity index (χ3n) is 2.31. The molecule has 0 saturated carbocycles. The number of hydrogen-bond acceptors (Lipinski definition) is 3. The molecule has 0 N–H and O–H groups in total. The summed E-state index contributed by atoms with van der Waals surface area (Å²) in [6, 6.07) is 3.78. The van der Waals surface area contributed by atoms with Crippen molar-refractivity contribution < 1.29 is 4.74 Å². The molecule has 0 fully saturated rings. The predicted octanol–water partition coefficient (Wildman–Crippen LogP) is 4.96. The molecule has 0 saturated heterocycles. The molecule has 6 heteroatoms. The number of aryl methyl sites for hydroxylation is 2. The summed E-state index contributed by atoms with van der Waals surface area (Å²) in [5.41, 5.74) is 2.14. The fourth-order valence-electron chi connectivity index (χ4n) is 1.48. The summed E-state index contributed by atoms with van der Waals surface area (Å²) < 4.78 is 6.68. The number of ether oxygens (including phenoxy) is 1. The second kappa shape index (κ2) is 5.43. The third-order valence-corrected chi connectivity index (χ3v) is 4.00. The molecule has 3 nitrogen and oxygen atoms in total. The molecule has 2 rings (SSSR count). The van der Waals surface area contributed by atoms with Gasteiger partial charge in [0.05, 0.1) is 6.20 Å². The van der Waals surface area contributed by atoms with E-state index in [0.29, 0.717) is 10.8 Å². The molecule has 1 aromatic heterocycles. The molecule has 0 radical (unpaired) electrons. The third kappa shape index (κ3) is 2.94. The highest BCUT2D eigenvalue weighted by Crippen LogP contribution is 2.31. The largest absolute Gasteiger partial charge is 0.437 e. The van der Waals surface area contributed by atoms with Gasteiger partial charge in [-0.1, -0.05) is 27.5 Å². The summed E-state index contributed by atoms with van der Waals surface area (Å²) >= 11 is 15.1. The summed E-state index contributed by atoms with van der Waals surface area (Å²) in [6.07, 6.45) is 1.41. The second-order valence-corrected chi connectivity index (χ2v) is 5.30. The molecule has 0 unspecified atom stereocenters. The molecule has 18 heavy (non-hydrogen) atoms. The minimum Gasteiger partial charge on any atom is -0.437 e. The first-order valence-corrected chi connectivity index (χ1v) is 6.65. The zero-order valence-electron chi connectivity index (χ0n) is 9.67. The van der Waals surface area contributed by atoms with Gasteiger partial charge in [-0.2, -0.15) is 4.98 Å². The molecule has 94 valence electrons. The lowest BCUT2D eigenvalue weighted by atomic mass is 10.1. The number of benzene rings is 1. The van der Waals surface area contributed by atoms with Crippen molar-refractivity contribution in [2.75, 3.05) is 0 Å². The summed E-state index contributed by atoms with van der Waals surface area (Å²) in [7, 11) is 0. The Labute approximate surface area is 123 Å². The lowest BCUT2D eigenvalue weighted by Crippen LogP contribution is -1.93. The van der Waals surface area contributed by atoms with Crippen molar-refractivity contribution in [1.29, 1.82) is 0 Å². The van der Waals surface area contributed by atoms with E-state index >= 15 is 0 Å². The lowest BCUT2D eigenvalue weighted by Gasteiger charge is -2.10. The molecular formula is C12H9BrCl2N2O. The van der Waals surface area contributed by atoms with E-state index in [1.807, 2.05) is 26.0 Å². The standard InChI is InChI=1S/C12H9BrCl2N2O/c1-6-3-8(4-7(2)10(6)13)18-11-9(14)5-16-12(15)17-11/h3-5H,1-2H3. The van der Waals surface area contributed by atoms with Crippen LogP contribution in [0.15, 0.2) is 22.8 Å². The second-order valence-electron chi connectivity index (χ2n) is 3.77. The van der Waals surface area contributed by atoms with Crippen LogP contribution in [0.25, 0.3) is 0 Å². The van der Waals surface area contributed by atoms with Crippen LogP contribution in [0.2, 0.25) is 10.3 Å². The topological polar surface area (TPSA) is 35.0 Å². The first-order chi connectivity index (χ1) is 8.47. The van der Waals surface area contributed by atoms with Crippen molar-refractivity contribution in [3.63, 3.8) is 0 Å². The molecule has 0 aliphatic heterocycles. The smallest absolute Gasteiger partial charge is 0.242 e. The maximum atomic E-state index is 5.94. The molecule has 0 bridgehead atoms. The highest BCUT2D eigenvalue weighted by molar-refractivity contribution is 9.10. The first-order valence-electron chi connectivity index (χ1n) is 5.10. The van der Waals surface area contributed by atoms with Crippen LogP contribution in [0.3, 0.4) is 0 Å². The van der Waals surface area contributed by atoms with Crippen molar-refractivity contribution in [2.24, 2.45) is 0 Å². The zero-order chi connectivity index (χ0) is 13.3. The molecule has 0 spiro atoms. The van der Waals surface area contributed by atoms with Crippen LogP contribution in [-0.2, 0) is 0 Å². The van der Waals surface area contributed by atoms with Gasteiger partial charge < -0.3 is 4.74 Å². The van der Waals surface area contributed by atoms with Gasteiger partial charge in [0.25, 0.3) is 0 Å². The Morgan fingerprint density at radius 1 is 1.17 bits per heavy atom. The van der Waals surface area contributed by atoms with Crippen LogP contribution in [0.5, 0.6) is 11.6 Å². The fraction of sp³-hybridized carbons (Fsp3) is 0.167. The van der Waals surface area contributed by atoms with Crippen molar-refractivity contribution in [1.82, 2.24) is 9.97 Å². The Bertz CT molecular complexity index is 582. The number of halogens is 3. The van der Waals surface area contributed by atoms with Crippen LogP contribution in [0, 0.1) is 13.8 Å². The van der Waals surface area contributed by atoms with Gasteiger partial charge >= 0.3 is 0 Å². The van der Waals surface area contributed by atoms with Crippen LogP contribution in [0.4, 0.5) is 0 Å². The molecule has 1 heterocycles. The fourth-order valence-corrected chi connectivity index (χ4v) is 1.96. The number of hydrogen-bond donors (Lipinski definition) is 0. The van der Waals surface area contributed by atoms with E-state index in [-0.39, 0.29) is 11.2 Å². The Kier molecular flexibility index (Phi) is 4.10. The van der Waals surface area contributed by atoms with Gasteiger partial charge in [0.15, 0.2) is 0 Å². The molecule has 0 aliphatic rings. The maximum absolute atomic E-state index is 5.94. The normalized spacial score (nSPS) is 10.5. The Morgan fingerprint density at radius 2 is 1.78 bits per heavy atom. The van der Waals surface area contributed by atoms with Crippen molar-refractivity contribution >= 4 is 39.1 Å².